The predicted octanol–water partition coefficient (Wildman–Crippen LogP) is 5.20. The maximum Gasteiger partial charge on any atom is 0.469 e. The van der Waals surface area contributed by atoms with Crippen molar-refractivity contribution in [1.29, 1.82) is 0 Å². The number of carbonyl (C=O) groups is 2. The van der Waals surface area contributed by atoms with Crippen LogP contribution in [0.25, 0.3) is 10.8 Å². The van der Waals surface area contributed by atoms with E-state index in [4.69, 9.17) is 26.1 Å². The monoisotopic (exact) mass is 600 g/mol. The van der Waals surface area contributed by atoms with Crippen LogP contribution in [0.2, 0.25) is 5.02 Å². The summed E-state index contributed by atoms with van der Waals surface area (Å²) in [5.74, 6) is -0.933. The first kappa shape index (κ1) is 31.2. The molecule has 0 saturated heterocycles. The molecule has 0 unspecified atom stereocenters. The van der Waals surface area contributed by atoms with Gasteiger partial charge in [0, 0.05) is 25.2 Å². The molecule has 15 heteroatoms. The van der Waals surface area contributed by atoms with Crippen molar-refractivity contribution >= 4 is 48.1 Å². The fourth-order valence-electron chi connectivity index (χ4n) is 3.69. The number of halogens is 3. The number of nitrogens with one attached hydrogen (secondary N) is 2. The quantitative estimate of drug-likeness (QED) is 0.164. The van der Waals surface area contributed by atoms with E-state index in [9.17, 15) is 22.9 Å². The molecule has 40 heavy (non-hydrogen) atoms. The summed E-state index contributed by atoms with van der Waals surface area (Å²) < 4.78 is 47.9. The number of amides is 3. The fraction of sp³-hybridized carbons (Fsp3) is 0.320. The van der Waals surface area contributed by atoms with Crippen molar-refractivity contribution in [3.8, 4) is 0 Å². The SMILES string of the molecule is CN(C(=O)NCc1cccc(F)c1Cl)[C@@H](CCCCOP(=O)(O)O)COC(=O)Nc1cc2cc(F)ccc2cn1. The minimum atomic E-state index is -4.60. The topological polar surface area (TPSA) is 150 Å². The fourth-order valence-corrected chi connectivity index (χ4v) is 4.25. The Morgan fingerprint density at radius 2 is 1.93 bits per heavy atom. The van der Waals surface area contributed by atoms with Gasteiger partial charge in [0.25, 0.3) is 0 Å². The van der Waals surface area contributed by atoms with Gasteiger partial charge in [-0.15, -0.1) is 0 Å². The van der Waals surface area contributed by atoms with E-state index < -0.39 is 37.6 Å². The van der Waals surface area contributed by atoms with Crippen LogP contribution >= 0.6 is 19.4 Å². The molecule has 0 aliphatic rings. The van der Waals surface area contributed by atoms with Gasteiger partial charge in [-0.05, 0) is 60.5 Å². The molecule has 1 atom stereocenters. The van der Waals surface area contributed by atoms with E-state index in [0.29, 0.717) is 22.8 Å². The number of aromatic nitrogens is 1. The van der Waals surface area contributed by atoms with Gasteiger partial charge in [-0.2, -0.15) is 0 Å². The van der Waals surface area contributed by atoms with E-state index in [-0.39, 0.29) is 43.4 Å². The number of likely N-dealkylation sites (N-methyl/N-ethyl adjacent to an activating group) is 1. The lowest BCUT2D eigenvalue weighted by molar-refractivity contribution is 0.111. The summed E-state index contributed by atoms with van der Waals surface area (Å²) in [5.41, 5.74) is 0.368. The van der Waals surface area contributed by atoms with E-state index in [1.54, 1.807) is 12.1 Å². The molecular formula is C25H28ClF2N4O7P. The number of hydrogen-bond acceptors (Lipinski definition) is 6. The zero-order valence-corrected chi connectivity index (χ0v) is 23.0. The van der Waals surface area contributed by atoms with Crippen molar-refractivity contribution in [2.24, 2.45) is 0 Å². The lowest BCUT2D eigenvalue weighted by Crippen LogP contribution is -2.46. The number of nitrogens with zero attached hydrogens (tertiary/aromatic N) is 2. The minimum Gasteiger partial charge on any atom is -0.447 e. The van der Waals surface area contributed by atoms with Gasteiger partial charge in [-0.3, -0.25) is 9.84 Å². The largest absolute Gasteiger partial charge is 0.469 e. The average molecular weight is 601 g/mol. The third-order valence-corrected chi connectivity index (χ3v) is 6.78. The minimum absolute atomic E-state index is 0.0574. The van der Waals surface area contributed by atoms with Crippen LogP contribution in [0.5, 0.6) is 0 Å². The van der Waals surface area contributed by atoms with E-state index in [0.717, 1.165) is 0 Å². The molecule has 0 aliphatic heterocycles. The standard InChI is InChI=1S/C25H28ClF2N4O7P/c1-32(24(33)30-14-17-5-4-7-21(28)23(17)26)20(6-2-3-10-39-40(35,36)37)15-38-25(34)31-22-12-18-11-19(27)9-8-16(18)13-29-22/h4-5,7-9,11-13,20H,2-3,6,10,14-15H2,1H3,(H,30,33)(H,29,31,34)(H2,35,36,37)/t20-/m0/s1. The van der Waals surface area contributed by atoms with E-state index in [2.05, 4.69) is 20.1 Å². The van der Waals surface area contributed by atoms with Crippen LogP contribution < -0.4 is 10.6 Å². The van der Waals surface area contributed by atoms with E-state index >= 15 is 0 Å². The second kappa shape index (κ2) is 14.3. The zero-order valence-electron chi connectivity index (χ0n) is 21.3. The van der Waals surface area contributed by atoms with Crippen LogP contribution in [-0.2, 0) is 20.4 Å². The summed E-state index contributed by atoms with van der Waals surface area (Å²) in [7, 11) is -3.13. The van der Waals surface area contributed by atoms with Crippen LogP contribution in [0.1, 0.15) is 24.8 Å². The number of unbranched alkanes of at least 4 members (excludes halogenated alkanes) is 1. The van der Waals surface area contributed by atoms with Gasteiger partial charge in [0.05, 0.1) is 17.7 Å². The lowest BCUT2D eigenvalue weighted by Gasteiger charge is -2.28. The Morgan fingerprint density at radius 1 is 1.15 bits per heavy atom. The Hall–Kier alpha value is -3.35. The second-order valence-corrected chi connectivity index (χ2v) is 10.4. The summed E-state index contributed by atoms with van der Waals surface area (Å²) in [6.45, 7) is -0.503. The Labute approximate surface area is 233 Å². The summed E-state index contributed by atoms with van der Waals surface area (Å²) in [6, 6.07) is 8.64. The van der Waals surface area contributed by atoms with Crippen molar-refractivity contribution in [1.82, 2.24) is 15.2 Å². The lowest BCUT2D eigenvalue weighted by atomic mass is 10.1. The number of carbonyl (C=O) groups excluding carboxylic acids is 2. The highest BCUT2D eigenvalue weighted by atomic mass is 35.5. The number of pyridine rings is 1. The van der Waals surface area contributed by atoms with Crippen LogP contribution in [0.3, 0.4) is 0 Å². The van der Waals surface area contributed by atoms with Crippen molar-refractivity contribution in [3.63, 3.8) is 0 Å². The van der Waals surface area contributed by atoms with Crippen LogP contribution in [0.4, 0.5) is 24.2 Å². The van der Waals surface area contributed by atoms with Gasteiger partial charge in [0.2, 0.25) is 0 Å². The highest BCUT2D eigenvalue weighted by Crippen LogP contribution is 2.35. The number of ether oxygens (including phenoxy) is 1. The van der Waals surface area contributed by atoms with Crippen LogP contribution in [0, 0.1) is 11.6 Å². The zero-order chi connectivity index (χ0) is 29.3. The number of benzene rings is 2. The van der Waals surface area contributed by atoms with Crippen LogP contribution in [0.15, 0.2) is 48.7 Å². The molecule has 4 N–H and O–H groups in total. The summed E-state index contributed by atoms with van der Waals surface area (Å²) in [5, 5.41) is 6.17. The molecule has 0 radical (unpaired) electrons. The third-order valence-electron chi connectivity index (χ3n) is 5.84. The average Bonchev–Trinajstić information content (AvgIpc) is 2.89. The number of hydrogen-bond donors (Lipinski definition) is 4. The van der Waals surface area contributed by atoms with Crippen LogP contribution in [-0.4, -0.2) is 58.1 Å². The van der Waals surface area contributed by atoms with Gasteiger partial charge >= 0.3 is 19.9 Å². The van der Waals surface area contributed by atoms with Crippen molar-refractivity contribution < 1.29 is 42.0 Å². The maximum atomic E-state index is 13.7. The molecule has 2 aromatic carbocycles. The third kappa shape index (κ3) is 9.68. The molecule has 0 bridgehead atoms. The van der Waals surface area contributed by atoms with Gasteiger partial charge in [0.15, 0.2) is 0 Å². The molecule has 1 heterocycles. The Balaban J connectivity index is 1.60. The van der Waals surface area contributed by atoms with E-state index in [1.165, 1.54) is 48.5 Å². The molecular weight excluding hydrogens is 573 g/mol. The molecule has 216 valence electrons. The first-order valence-electron chi connectivity index (χ1n) is 12.1. The highest BCUT2D eigenvalue weighted by Gasteiger charge is 2.22. The van der Waals surface area contributed by atoms with Gasteiger partial charge in [-0.1, -0.05) is 23.7 Å². The molecule has 3 rings (SSSR count). The maximum absolute atomic E-state index is 13.7. The molecule has 11 nitrogen and oxygen atoms in total. The summed E-state index contributed by atoms with van der Waals surface area (Å²) in [4.78, 5) is 48.3. The predicted molar refractivity (Wildman–Crippen MR) is 144 cm³/mol. The summed E-state index contributed by atoms with van der Waals surface area (Å²) in [6.07, 6.45) is 1.53. The first-order valence-corrected chi connectivity index (χ1v) is 14.0. The van der Waals surface area contributed by atoms with Crippen molar-refractivity contribution in [2.75, 3.05) is 25.6 Å². The number of urea groups is 1. The molecule has 0 saturated carbocycles. The summed E-state index contributed by atoms with van der Waals surface area (Å²) >= 11 is 5.94. The Bertz CT molecular complexity index is 1390. The molecule has 3 amide bonds. The second-order valence-electron chi connectivity index (χ2n) is 8.74. The Morgan fingerprint density at radius 3 is 2.67 bits per heavy atom. The molecule has 0 spiro atoms. The molecule has 0 aliphatic carbocycles. The first-order chi connectivity index (χ1) is 18.9. The molecule has 3 aromatic rings. The number of phosphoric acid groups is 1. The van der Waals surface area contributed by atoms with Gasteiger partial charge in [-0.25, -0.2) is 27.9 Å². The smallest absolute Gasteiger partial charge is 0.447 e. The number of phosphoric ester groups is 1. The van der Waals surface area contributed by atoms with Crippen molar-refractivity contribution in [2.45, 2.75) is 31.8 Å². The highest BCUT2D eigenvalue weighted by molar-refractivity contribution is 7.46. The van der Waals surface area contributed by atoms with E-state index in [1.807, 2.05) is 0 Å². The van der Waals surface area contributed by atoms with Gasteiger partial charge < -0.3 is 24.7 Å². The molecule has 0 fully saturated rings. The molecule has 1 aromatic heterocycles. The Kier molecular flexibility index (Phi) is 11.2. The van der Waals surface area contributed by atoms with Gasteiger partial charge in [0.1, 0.15) is 24.1 Å². The number of anilines is 1. The van der Waals surface area contributed by atoms with Crippen molar-refractivity contribution in [3.05, 3.63) is 70.9 Å². The number of rotatable bonds is 12. The number of fused-ring (bicyclic) bond motifs is 1. The normalized spacial score (nSPS) is 12.2.